The van der Waals surface area contributed by atoms with E-state index in [0.717, 1.165) is 0 Å². The highest BCUT2D eigenvalue weighted by Gasteiger charge is 2.10. The monoisotopic (exact) mass is 249 g/mol. The molecule has 0 fully saturated rings. The molecule has 4 heteroatoms. The summed E-state index contributed by atoms with van der Waals surface area (Å²) in [5, 5.41) is 2.84. The van der Waals surface area contributed by atoms with Gasteiger partial charge in [-0.3, -0.25) is 0 Å². The summed E-state index contributed by atoms with van der Waals surface area (Å²) in [6, 6.07) is 2.63. The zero-order chi connectivity index (χ0) is 9.84. The molecule has 13 heavy (non-hydrogen) atoms. The number of benzene rings is 1. The van der Waals surface area contributed by atoms with Gasteiger partial charge < -0.3 is 5.32 Å². The summed E-state index contributed by atoms with van der Waals surface area (Å²) in [6.07, 6.45) is 0.355. The van der Waals surface area contributed by atoms with Gasteiger partial charge in [-0.05, 0) is 48.1 Å². The first-order chi connectivity index (χ1) is 6.16. The highest BCUT2D eigenvalue weighted by molar-refractivity contribution is 9.10. The van der Waals surface area contributed by atoms with Crippen molar-refractivity contribution in [2.24, 2.45) is 0 Å². The lowest BCUT2D eigenvalue weighted by molar-refractivity contribution is 0.547. The molecule has 1 N–H and O–H groups in total. The normalized spacial score (nSPS) is 10.5. The van der Waals surface area contributed by atoms with E-state index in [1.807, 2.05) is 0 Å². The van der Waals surface area contributed by atoms with Crippen molar-refractivity contribution < 1.29 is 8.78 Å². The predicted octanol–water partition coefficient (Wildman–Crippen LogP) is 2.49. The Morgan fingerprint density at radius 2 is 2.08 bits per heavy atom. The van der Waals surface area contributed by atoms with Crippen molar-refractivity contribution >= 4 is 15.9 Å². The maximum absolute atomic E-state index is 13.3. The van der Waals surface area contributed by atoms with Gasteiger partial charge in [-0.1, -0.05) is 0 Å². The Balaban J connectivity index is 2.96. The van der Waals surface area contributed by atoms with Gasteiger partial charge in [0.1, 0.15) is 11.6 Å². The van der Waals surface area contributed by atoms with Crippen LogP contribution < -0.4 is 5.32 Å². The molecular weight excluding hydrogens is 240 g/mol. The van der Waals surface area contributed by atoms with E-state index in [9.17, 15) is 8.78 Å². The molecule has 0 radical (unpaired) electrons. The van der Waals surface area contributed by atoms with Gasteiger partial charge in [-0.2, -0.15) is 0 Å². The van der Waals surface area contributed by atoms with Crippen LogP contribution in [-0.4, -0.2) is 13.6 Å². The molecule has 0 aromatic heterocycles. The van der Waals surface area contributed by atoms with Crippen molar-refractivity contribution in [3.05, 3.63) is 33.8 Å². The summed E-state index contributed by atoms with van der Waals surface area (Å²) in [5.41, 5.74) is 0.128. The van der Waals surface area contributed by atoms with Crippen molar-refractivity contribution in [3.63, 3.8) is 0 Å². The summed E-state index contributed by atoms with van der Waals surface area (Å²) in [4.78, 5) is 0. The number of rotatable bonds is 3. The Labute approximate surface area is 84.3 Å². The summed E-state index contributed by atoms with van der Waals surface area (Å²) in [6.45, 7) is 0.560. The van der Waals surface area contributed by atoms with Crippen molar-refractivity contribution in [1.29, 1.82) is 0 Å². The highest BCUT2D eigenvalue weighted by Crippen LogP contribution is 2.21. The third kappa shape index (κ3) is 2.48. The Kier molecular flexibility index (Phi) is 3.81. The van der Waals surface area contributed by atoms with Gasteiger partial charge in [-0.15, -0.1) is 0 Å². The molecule has 0 aliphatic heterocycles. The Bertz CT molecular complexity index is 302. The molecule has 1 aromatic carbocycles. The second-order valence-corrected chi connectivity index (χ2v) is 3.53. The Morgan fingerprint density at radius 3 is 2.69 bits per heavy atom. The molecule has 0 spiro atoms. The molecule has 0 aliphatic carbocycles. The van der Waals surface area contributed by atoms with Crippen LogP contribution in [0.5, 0.6) is 0 Å². The van der Waals surface area contributed by atoms with Gasteiger partial charge in [0.25, 0.3) is 0 Å². The molecule has 0 amide bonds. The van der Waals surface area contributed by atoms with Crippen LogP contribution in [-0.2, 0) is 6.42 Å². The van der Waals surface area contributed by atoms with Crippen LogP contribution >= 0.6 is 15.9 Å². The van der Waals surface area contributed by atoms with Crippen molar-refractivity contribution in [1.82, 2.24) is 5.32 Å². The summed E-state index contributed by atoms with van der Waals surface area (Å²) in [7, 11) is 1.74. The van der Waals surface area contributed by atoms with Crippen LogP contribution in [0.1, 0.15) is 5.56 Å². The van der Waals surface area contributed by atoms with E-state index >= 15 is 0 Å². The maximum Gasteiger partial charge on any atom is 0.143 e. The van der Waals surface area contributed by atoms with Gasteiger partial charge >= 0.3 is 0 Å². The van der Waals surface area contributed by atoms with Gasteiger partial charge in [0.2, 0.25) is 0 Å². The molecule has 1 aromatic rings. The molecule has 1 rings (SSSR count). The standard InChI is InChI=1S/C9H10BrF2N/c1-13-5-4-6-8(11)3-2-7(10)9(6)12/h2-3,13H,4-5H2,1H3. The quantitative estimate of drug-likeness (QED) is 0.812. The van der Waals surface area contributed by atoms with Crippen LogP contribution in [0.4, 0.5) is 8.78 Å². The average molecular weight is 250 g/mol. The Hall–Kier alpha value is -0.480. The van der Waals surface area contributed by atoms with Crippen LogP contribution in [0.15, 0.2) is 16.6 Å². The van der Waals surface area contributed by atoms with Gasteiger partial charge in [0.05, 0.1) is 4.47 Å². The van der Waals surface area contributed by atoms with Crippen molar-refractivity contribution in [3.8, 4) is 0 Å². The lowest BCUT2D eigenvalue weighted by Crippen LogP contribution is -2.12. The molecule has 72 valence electrons. The third-order valence-electron chi connectivity index (χ3n) is 1.76. The third-order valence-corrected chi connectivity index (χ3v) is 2.38. The summed E-state index contributed by atoms with van der Waals surface area (Å²) < 4.78 is 26.6. The highest BCUT2D eigenvalue weighted by atomic mass is 79.9. The fourth-order valence-corrected chi connectivity index (χ4v) is 1.42. The zero-order valence-corrected chi connectivity index (χ0v) is 8.79. The molecule has 0 heterocycles. The molecular formula is C9H10BrF2N. The van der Waals surface area contributed by atoms with Crippen molar-refractivity contribution in [2.45, 2.75) is 6.42 Å². The van der Waals surface area contributed by atoms with Crippen LogP contribution in [0.3, 0.4) is 0 Å². The molecule has 0 atom stereocenters. The number of likely N-dealkylation sites (N-methyl/N-ethyl adjacent to an activating group) is 1. The van der Waals surface area contributed by atoms with E-state index in [-0.39, 0.29) is 5.56 Å². The Morgan fingerprint density at radius 1 is 1.38 bits per heavy atom. The molecule has 0 bridgehead atoms. The molecule has 0 saturated carbocycles. The van der Waals surface area contributed by atoms with Crippen LogP contribution in [0, 0.1) is 11.6 Å². The number of hydrogen-bond donors (Lipinski definition) is 1. The first-order valence-corrected chi connectivity index (χ1v) is 4.73. The van der Waals surface area contributed by atoms with Crippen molar-refractivity contribution in [2.75, 3.05) is 13.6 Å². The molecule has 1 nitrogen and oxygen atoms in total. The lowest BCUT2D eigenvalue weighted by Gasteiger charge is -2.05. The van der Waals surface area contributed by atoms with Gasteiger partial charge in [0, 0.05) is 5.56 Å². The van der Waals surface area contributed by atoms with Gasteiger partial charge in [-0.25, -0.2) is 8.78 Å². The molecule has 0 saturated heterocycles. The van der Waals surface area contributed by atoms with Crippen LogP contribution in [0.2, 0.25) is 0 Å². The van der Waals surface area contributed by atoms with E-state index in [1.54, 1.807) is 7.05 Å². The fraction of sp³-hybridized carbons (Fsp3) is 0.333. The summed E-state index contributed by atoms with van der Waals surface area (Å²) >= 11 is 3.01. The zero-order valence-electron chi connectivity index (χ0n) is 7.20. The van der Waals surface area contributed by atoms with E-state index in [1.165, 1.54) is 12.1 Å². The minimum absolute atomic E-state index is 0.128. The number of hydrogen-bond acceptors (Lipinski definition) is 1. The minimum Gasteiger partial charge on any atom is -0.319 e. The number of halogens is 3. The van der Waals surface area contributed by atoms with Gasteiger partial charge in [0.15, 0.2) is 0 Å². The molecule has 0 unspecified atom stereocenters. The fourth-order valence-electron chi connectivity index (χ4n) is 1.05. The van der Waals surface area contributed by atoms with E-state index < -0.39 is 11.6 Å². The topological polar surface area (TPSA) is 12.0 Å². The second kappa shape index (κ2) is 4.67. The minimum atomic E-state index is -0.504. The predicted molar refractivity (Wildman–Crippen MR) is 51.7 cm³/mol. The SMILES string of the molecule is CNCCc1c(F)ccc(Br)c1F. The largest absolute Gasteiger partial charge is 0.319 e. The maximum atomic E-state index is 13.3. The van der Waals surface area contributed by atoms with E-state index in [4.69, 9.17) is 0 Å². The average Bonchev–Trinajstić information content (AvgIpc) is 2.12. The van der Waals surface area contributed by atoms with E-state index in [0.29, 0.717) is 17.4 Å². The molecule has 0 aliphatic rings. The summed E-state index contributed by atoms with van der Waals surface area (Å²) in [5.74, 6) is -0.994. The number of nitrogens with one attached hydrogen (secondary N) is 1. The van der Waals surface area contributed by atoms with E-state index in [2.05, 4.69) is 21.2 Å². The first kappa shape index (κ1) is 10.6. The van der Waals surface area contributed by atoms with Crippen LogP contribution in [0.25, 0.3) is 0 Å². The smallest absolute Gasteiger partial charge is 0.143 e. The lowest BCUT2D eigenvalue weighted by atomic mass is 10.1. The first-order valence-electron chi connectivity index (χ1n) is 3.93. The second-order valence-electron chi connectivity index (χ2n) is 2.68.